The van der Waals surface area contributed by atoms with E-state index < -0.39 is 5.60 Å². The van der Waals surface area contributed by atoms with Gasteiger partial charge in [0.25, 0.3) is 0 Å². The van der Waals surface area contributed by atoms with Crippen LogP contribution in [0, 0.1) is 0 Å². The number of nitrogens with zero attached hydrogens (tertiary/aromatic N) is 3. The topological polar surface area (TPSA) is 70.5 Å². The molecule has 6 nitrogen and oxygen atoms in total. The molecule has 1 aromatic rings. The number of hydrogen-bond donors (Lipinski definition) is 2. The van der Waals surface area contributed by atoms with Gasteiger partial charge in [-0.1, -0.05) is 11.8 Å². The minimum atomic E-state index is -0.697. The van der Waals surface area contributed by atoms with Gasteiger partial charge in [0.2, 0.25) is 0 Å². The number of nitrogens with one attached hydrogen (secondary N) is 1. The van der Waals surface area contributed by atoms with E-state index in [2.05, 4.69) is 15.3 Å². The Kier molecular flexibility index (Phi) is 5.06. The van der Waals surface area contributed by atoms with E-state index in [-0.39, 0.29) is 0 Å². The molecule has 2 N–H and O–H groups in total. The summed E-state index contributed by atoms with van der Waals surface area (Å²) in [5.41, 5.74) is -0.697. The summed E-state index contributed by atoms with van der Waals surface area (Å²) in [5.74, 6) is 1.60. The highest BCUT2D eigenvalue weighted by molar-refractivity contribution is 7.98. The van der Waals surface area contributed by atoms with E-state index in [1.807, 2.05) is 31.3 Å². The average molecular weight is 298 g/mol. The second-order valence-electron chi connectivity index (χ2n) is 5.04. The third-order valence-electron chi connectivity index (χ3n) is 3.48. The van der Waals surface area contributed by atoms with Gasteiger partial charge in [-0.2, -0.15) is 0 Å². The molecular weight excluding hydrogens is 276 g/mol. The largest absolute Gasteiger partial charge is 0.388 e. The normalized spacial score (nSPS) is 17.8. The van der Waals surface area contributed by atoms with Crippen molar-refractivity contribution in [2.45, 2.75) is 23.6 Å². The highest BCUT2D eigenvalue weighted by Crippen LogP contribution is 2.25. The van der Waals surface area contributed by atoms with E-state index in [4.69, 9.17) is 4.74 Å². The molecule has 0 bridgehead atoms. The summed E-state index contributed by atoms with van der Waals surface area (Å²) in [5, 5.41) is 14.3. The van der Waals surface area contributed by atoms with Gasteiger partial charge in [0.05, 0.1) is 5.60 Å². The van der Waals surface area contributed by atoms with Crippen molar-refractivity contribution < 1.29 is 9.84 Å². The third-order valence-corrected chi connectivity index (χ3v) is 4.02. The molecule has 2 rings (SSSR count). The molecule has 1 saturated heterocycles. The standard InChI is InChI=1S/C13H22N4O2S/c1-14-10-8-11(16-12(15-10)20-3)17(2)9-13(18)4-6-19-7-5-13/h8,18H,4-7,9H2,1-3H3,(H,14,15,16). The maximum Gasteiger partial charge on any atom is 0.191 e. The molecule has 0 radical (unpaired) electrons. The minimum Gasteiger partial charge on any atom is -0.388 e. The van der Waals surface area contributed by atoms with Crippen LogP contribution >= 0.6 is 11.8 Å². The molecule has 1 aliphatic heterocycles. The van der Waals surface area contributed by atoms with Crippen molar-refractivity contribution >= 4 is 23.4 Å². The Balaban J connectivity index is 2.13. The van der Waals surface area contributed by atoms with Crippen molar-refractivity contribution in [2.75, 3.05) is 50.3 Å². The van der Waals surface area contributed by atoms with Crippen molar-refractivity contribution in [3.05, 3.63) is 6.07 Å². The van der Waals surface area contributed by atoms with Crippen LogP contribution in [0.25, 0.3) is 0 Å². The summed E-state index contributed by atoms with van der Waals surface area (Å²) in [6.07, 6.45) is 3.28. The first-order valence-corrected chi connectivity index (χ1v) is 7.91. The summed E-state index contributed by atoms with van der Waals surface area (Å²) in [4.78, 5) is 10.8. The van der Waals surface area contributed by atoms with Gasteiger partial charge in [0, 0.05) is 52.8 Å². The molecule has 1 aromatic heterocycles. The van der Waals surface area contributed by atoms with Crippen molar-refractivity contribution in [2.24, 2.45) is 0 Å². The summed E-state index contributed by atoms with van der Waals surface area (Å²) in [6, 6.07) is 1.89. The van der Waals surface area contributed by atoms with Gasteiger partial charge in [0.15, 0.2) is 5.16 Å². The number of ether oxygens (including phenoxy) is 1. The van der Waals surface area contributed by atoms with Crippen LogP contribution in [0.4, 0.5) is 11.6 Å². The quantitative estimate of drug-likeness (QED) is 0.625. The second kappa shape index (κ2) is 6.60. The molecule has 2 heterocycles. The lowest BCUT2D eigenvalue weighted by Gasteiger charge is -2.35. The van der Waals surface area contributed by atoms with E-state index in [0.29, 0.717) is 32.6 Å². The van der Waals surface area contributed by atoms with Crippen molar-refractivity contribution in [1.29, 1.82) is 0 Å². The van der Waals surface area contributed by atoms with Gasteiger partial charge in [-0.05, 0) is 6.26 Å². The van der Waals surface area contributed by atoms with Gasteiger partial charge in [-0.15, -0.1) is 0 Å². The Labute approximate surface area is 123 Å². The zero-order chi connectivity index (χ0) is 14.6. The van der Waals surface area contributed by atoms with Gasteiger partial charge in [0.1, 0.15) is 11.6 Å². The van der Waals surface area contributed by atoms with E-state index in [1.54, 1.807) is 0 Å². The molecule has 0 unspecified atom stereocenters. The fourth-order valence-corrected chi connectivity index (χ4v) is 2.63. The smallest absolute Gasteiger partial charge is 0.191 e. The molecule has 20 heavy (non-hydrogen) atoms. The van der Waals surface area contributed by atoms with Crippen LogP contribution in [0.15, 0.2) is 11.2 Å². The predicted molar refractivity (Wildman–Crippen MR) is 81.6 cm³/mol. The molecule has 0 spiro atoms. The van der Waals surface area contributed by atoms with Crippen molar-refractivity contribution in [1.82, 2.24) is 9.97 Å². The maximum atomic E-state index is 10.6. The Hall–Kier alpha value is -1.05. The zero-order valence-electron chi connectivity index (χ0n) is 12.2. The number of hydrogen-bond acceptors (Lipinski definition) is 7. The molecule has 0 atom stereocenters. The van der Waals surface area contributed by atoms with Gasteiger partial charge < -0.3 is 20.1 Å². The van der Waals surface area contributed by atoms with E-state index in [9.17, 15) is 5.11 Å². The van der Waals surface area contributed by atoms with E-state index in [1.165, 1.54) is 11.8 Å². The lowest BCUT2D eigenvalue weighted by atomic mass is 9.94. The Morgan fingerprint density at radius 1 is 1.45 bits per heavy atom. The van der Waals surface area contributed by atoms with Crippen LogP contribution in [-0.4, -0.2) is 60.8 Å². The Morgan fingerprint density at radius 3 is 2.75 bits per heavy atom. The molecule has 0 aliphatic carbocycles. The van der Waals surface area contributed by atoms with Crippen LogP contribution < -0.4 is 10.2 Å². The lowest BCUT2D eigenvalue weighted by molar-refractivity contribution is -0.0573. The van der Waals surface area contributed by atoms with Gasteiger partial charge >= 0.3 is 0 Å². The van der Waals surface area contributed by atoms with Crippen molar-refractivity contribution in [3.63, 3.8) is 0 Å². The second-order valence-corrected chi connectivity index (χ2v) is 5.81. The van der Waals surface area contributed by atoms with Crippen molar-refractivity contribution in [3.8, 4) is 0 Å². The number of thioether (sulfide) groups is 1. The monoisotopic (exact) mass is 298 g/mol. The first-order valence-electron chi connectivity index (χ1n) is 6.68. The third kappa shape index (κ3) is 3.74. The highest BCUT2D eigenvalue weighted by Gasteiger charge is 2.31. The first-order chi connectivity index (χ1) is 9.56. The number of anilines is 2. The SMILES string of the molecule is CNc1cc(N(C)CC2(O)CCOCC2)nc(SC)n1. The number of likely N-dealkylation sites (N-methyl/N-ethyl adjacent to an activating group) is 1. The minimum absolute atomic E-state index is 0.546. The van der Waals surface area contributed by atoms with Gasteiger partial charge in [-0.3, -0.25) is 0 Å². The van der Waals surface area contributed by atoms with Crippen LogP contribution in [0.5, 0.6) is 0 Å². The Morgan fingerprint density at radius 2 is 2.15 bits per heavy atom. The van der Waals surface area contributed by atoms with Crippen LogP contribution in [0.2, 0.25) is 0 Å². The van der Waals surface area contributed by atoms with Crippen LogP contribution in [0.3, 0.4) is 0 Å². The summed E-state index contributed by atoms with van der Waals surface area (Å²) in [7, 11) is 3.78. The molecule has 0 amide bonds. The number of rotatable bonds is 5. The molecule has 1 fully saturated rings. The lowest BCUT2D eigenvalue weighted by Crippen LogP contribution is -2.46. The molecule has 7 heteroatoms. The highest BCUT2D eigenvalue weighted by atomic mass is 32.2. The fraction of sp³-hybridized carbons (Fsp3) is 0.692. The van der Waals surface area contributed by atoms with E-state index >= 15 is 0 Å². The zero-order valence-corrected chi connectivity index (χ0v) is 13.0. The van der Waals surface area contributed by atoms with Gasteiger partial charge in [-0.25, -0.2) is 9.97 Å². The molecular formula is C13H22N4O2S. The van der Waals surface area contributed by atoms with Crippen LogP contribution in [0.1, 0.15) is 12.8 Å². The molecule has 112 valence electrons. The molecule has 0 aromatic carbocycles. The maximum absolute atomic E-state index is 10.6. The first kappa shape index (κ1) is 15.3. The fourth-order valence-electron chi connectivity index (χ4n) is 2.26. The molecule has 1 aliphatic rings. The summed E-state index contributed by atoms with van der Waals surface area (Å²) < 4.78 is 5.31. The summed E-state index contributed by atoms with van der Waals surface area (Å²) in [6.45, 7) is 1.78. The number of aromatic nitrogens is 2. The Bertz CT molecular complexity index is 430. The predicted octanol–water partition coefficient (Wildman–Crippen LogP) is 1.22. The van der Waals surface area contributed by atoms with E-state index in [0.717, 1.165) is 16.8 Å². The summed E-state index contributed by atoms with van der Waals surface area (Å²) >= 11 is 1.50. The number of aliphatic hydroxyl groups is 1. The molecule has 0 saturated carbocycles. The average Bonchev–Trinajstić information content (AvgIpc) is 2.46. The van der Waals surface area contributed by atoms with Crippen LogP contribution in [-0.2, 0) is 4.74 Å².